The largest absolute Gasteiger partial charge is 0.456 e. The van der Waals surface area contributed by atoms with Gasteiger partial charge in [0.05, 0.1) is 0 Å². The predicted molar refractivity (Wildman–Crippen MR) is 174 cm³/mol. The van der Waals surface area contributed by atoms with Crippen LogP contribution in [-0.2, 0) is 0 Å². The standard InChI is InChI=1S/C39H25N3O/c1-3-11-26(12-4-1)28-15-9-17-30(23-28)37-40-38(31-18-10-16-29(24-31)27-13-5-2-6-14-27)42-39(41-37)32-21-22-36-34(25-32)33-19-7-8-20-35(33)43-36/h1-25H. The third kappa shape index (κ3) is 4.75. The molecule has 0 bridgehead atoms. The first-order valence-corrected chi connectivity index (χ1v) is 14.3. The molecule has 0 saturated carbocycles. The van der Waals surface area contributed by atoms with Gasteiger partial charge in [0.1, 0.15) is 11.2 Å². The number of nitrogens with zero attached hydrogens (tertiary/aromatic N) is 3. The van der Waals surface area contributed by atoms with E-state index in [4.69, 9.17) is 19.4 Å². The van der Waals surface area contributed by atoms with E-state index in [2.05, 4.69) is 109 Å². The highest BCUT2D eigenvalue weighted by Gasteiger charge is 2.15. The molecule has 0 radical (unpaired) electrons. The van der Waals surface area contributed by atoms with Gasteiger partial charge in [-0.1, -0.05) is 115 Å². The number of rotatable bonds is 5. The van der Waals surface area contributed by atoms with Crippen LogP contribution in [0.2, 0.25) is 0 Å². The molecule has 2 heterocycles. The van der Waals surface area contributed by atoms with Gasteiger partial charge in [0.2, 0.25) is 0 Å². The van der Waals surface area contributed by atoms with Crippen molar-refractivity contribution in [3.63, 3.8) is 0 Å². The molecule has 202 valence electrons. The molecule has 4 heteroatoms. The third-order valence-electron chi connectivity index (χ3n) is 7.73. The number of hydrogen-bond acceptors (Lipinski definition) is 4. The van der Waals surface area contributed by atoms with Crippen molar-refractivity contribution in [2.75, 3.05) is 0 Å². The average Bonchev–Trinajstić information content (AvgIpc) is 3.47. The fraction of sp³-hybridized carbons (Fsp3) is 0. The number of fused-ring (bicyclic) bond motifs is 3. The fourth-order valence-electron chi connectivity index (χ4n) is 5.57. The molecule has 0 spiro atoms. The maximum absolute atomic E-state index is 6.09. The summed E-state index contributed by atoms with van der Waals surface area (Å²) in [5.41, 5.74) is 8.98. The molecular weight excluding hydrogens is 526 g/mol. The summed E-state index contributed by atoms with van der Waals surface area (Å²) in [4.78, 5) is 15.1. The summed E-state index contributed by atoms with van der Waals surface area (Å²) in [6, 6.07) is 51.7. The molecule has 43 heavy (non-hydrogen) atoms. The zero-order valence-corrected chi connectivity index (χ0v) is 23.2. The second-order valence-electron chi connectivity index (χ2n) is 10.5. The molecule has 2 aromatic heterocycles. The van der Waals surface area contributed by atoms with Crippen molar-refractivity contribution in [2.24, 2.45) is 0 Å². The molecular formula is C39H25N3O. The lowest BCUT2D eigenvalue weighted by atomic mass is 10.0. The van der Waals surface area contributed by atoms with E-state index in [-0.39, 0.29) is 0 Å². The van der Waals surface area contributed by atoms with Gasteiger partial charge in [0, 0.05) is 27.5 Å². The quantitative estimate of drug-likeness (QED) is 0.214. The Morgan fingerprint density at radius 2 is 0.744 bits per heavy atom. The molecule has 0 saturated heterocycles. The highest BCUT2D eigenvalue weighted by atomic mass is 16.3. The van der Waals surface area contributed by atoms with Crippen molar-refractivity contribution >= 4 is 21.9 Å². The van der Waals surface area contributed by atoms with Gasteiger partial charge < -0.3 is 4.42 Å². The molecule has 0 unspecified atom stereocenters. The molecule has 0 atom stereocenters. The molecule has 4 nitrogen and oxygen atoms in total. The van der Waals surface area contributed by atoms with Crippen molar-refractivity contribution in [1.82, 2.24) is 15.0 Å². The zero-order valence-electron chi connectivity index (χ0n) is 23.2. The SMILES string of the molecule is c1ccc(-c2cccc(-c3nc(-c4cccc(-c5ccccc5)c4)nc(-c4ccc5oc6ccccc6c5c4)n3)c2)cc1. The second kappa shape index (κ2) is 10.5. The highest BCUT2D eigenvalue weighted by Crippen LogP contribution is 2.34. The van der Waals surface area contributed by atoms with Crippen molar-refractivity contribution in [1.29, 1.82) is 0 Å². The van der Waals surface area contributed by atoms with E-state index >= 15 is 0 Å². The van der Waals surface area contributed by atoms with Gasteiger partial charge >= 0.3 is 0 Å². The molecule has 0 aliphatic rings. The predicted octanol–water partition coefficient (Wildman–Crippen LogP) is 10.1. The topological polar surface area (TPSA) is 51.8 Å². The first-order chi connectivity index (χ1) is 21.3. The Morgan fingerprint density at radius 1 is 0.302 bits per heavy atom. The van der Waals surface area contributed by atoms with Crippen LogP contribution in [0.1, 0.15) is 0 Å². The molecule has 0 aliphatic carbocycles. The summed E-state index contributed by atoms with van der Waals surface area (Å²) in [6.45, 7) is 0. The van der Waals surface area contributed by atoms with E-state index in [9.17, 15) is 0 Å². The van der Waals surface area contributed by atoms with Gasteiger partial charge in [-0.3, -0.25) is 0 Å². The monoisotopic (exact) mass is 551 g/mol. The van der Waals surface area contributed by atoms with Gasteiger partial charge in [-0.05, 0) is 58.7 Å². The third-order valence-corrected chi connectivity index (χ3v) is 7.73. The lowest BCUT2D eigenvalue weighted by Crippen LogP contribution is -2.00. The summed E-state index contributed by atoms with van der Waals surface area (Å²) in [5.74, 6) is 1.86. The lowest BCUT2D eigenvalue weighted by Gasteiger charge is -2.11. The molecule has 0 amide bonds. The van der Waals surface area contributed by atoms with E-state index in [0.717, 1.165) is 60.9 Å². The maximum atomic E-state index is 6.09. The van der Waals surface area contributed by atoms with Gasteiger partial charge in [-0.15, -0.1) is 0 Å². The molecule has 0 N–H and O–H groups in total. The summed E-state index contributed by atoms with van der Waals surface area (Å²) >= 11 is 0. The summed E-state index contributed by atoms with van der Waals surface area (Å²) < 4.78 is 6.09. The van der Waals surface area contributed by atoms with E-state index in [0.29, 0.717) is 17.5 Å². The summed E-state index contributed by atoms with van der Waals surface area (Å²) in [5, 5.41) is 2.11. The summed E-state index contributed by atoms with van der Waals surface area (Å²) in [6.07, 6.45) is 0. The first kappa shape index (κ1) is 24.9. The molecule has 0 fully saturated rings. The van der Waals surface area contributed by atoms with Crippen LogP contribution in [0.4, 0.5) is 0 Å². The Balaban J connectivity index is 1.31. The van der Waals surface area contributed by atoms with Crippen molar-refractivity contribution in [3.8, 4) is 56.4 Å². The van der Waals surface area contributed by atoms with Crippen LogP contribution >= 0.6 is 0 Å². The molecule has 8 rings (SSSR count). The Hall–Kier alpha value is -5.87. The number of aromatic nitrogens is 3. The molecule has 0 aliphatic heterocycles. The van der Waals surface area contributed by atoms with Gasteiger partial charge in [0.15, 0.2) is 17.5 Å². The Bertz CT molecular complexity index is 2140. The zero-order chi connectivity index (χ0) is 28.6. The van der Waals surface area contributed by atoms with Crippen LogP contribution < -0.4 is 0 Å². The lowest BCUT2D eigenvalue weighted by molar-refractivity contribution is 0.669. The van der Waals surface area contributed by atoms with E-state index in [1.165, 1.54) is 0 Å². The minimum absolute atomic E-state index is 0.613. The van der Waals surface area contributed by atoms with E-state index in [1.807, 2.05) is 42.5 Å². The smallest absolute Gasteiger partial charge is 0.164 e. The Labute approximate surface area is 249 Å². The molecule has 8 aromatic rings. The van der Waals surface area contributed by atoms with Gasteiger partial charge in [-0.2, -0.15) is 0 Å². The van der Waals surface area contributed by atoms with Crippen molar-refractivity contribution < 1.29 is 4.42 Å². The van der Waals surface area contributed by atoms with Crippen LogP contribution in [0.3, 0.4) is 0 Å². The van der Waals surface area contributed by atoms with Crippen LogP contribution in [0, 0.1) is 0 Å². The Morgan fingerprint density at radius 3 is 1.33 bits per heavy atom. The summed E-state index contributed by atoms with van der Waals surface area (Å²) in [7, 11) is 0. The van der Waals surface area contributed by atoms with E-state index in [1.54, 1.807) is 0 Å². The number of para-hydroxylation sites is 1. The van der Waals surface area contributed by atoms with Crippen LogP contribution in [0.25, 0.3) is 78.4 Å². The average molecular weight is 552 g/mol. The minimum atomic E-state index is 0.613. The second-order valence-corrected chi connectivity index (χ2v) is 10.5. The first-order valence-electron chi connectivity index (χ1n) is 14.3. The Kier molecular flexibility index (Phi) is 6.08. The van der Waals surface area contributed by atoms with Crippen LogP contribution in [-0.4, -0.2) is 15.0 Å². The van der Waals surface area contributed by atoms with Crippen molar-refractivity contribution in [2.45, 2.75) is 0 Å². The highest BCUT2D eigenvalue weighted by molar-refractivity contribution is 6.06. The minimum Gasteiger partial charge on any atom is -0.456 e. The number of hydrogen-bond donors (Lipinski definition) is 0. The van der Waals surface area contributed by atoms with Crippen LogP contribution in [0.5, 0.6) is 0 Å². The van der Waals surface area contributed by atoms with Gasteiger partial charge in [-0.25, -0.2) is 15.0 Å². The molecule has 6 aromatic carbocycles. The van der Waals surface area contributed by atoms with Gasteiger partial charge in [0.25, 0.3) is 0 Å². The normalized spacial score (nSPS) is 11.3. The van der Waals surface area contributed by atoms with E-state index < -0.39 is 0 Å². The van der Waals surface area contributed by atoms with Crippen molar-refractivity contribution in [3.05, 3.63) is 152 Å². The maximum Gasteiger partial charge on any atom is 0.164 e. The number of furan rings is 1. The van der Waals surface area contributed by atoms with Crippen LogP contribution in [0.15, 0.2) is 156 Å². The number of benzene rings is 6. The fourth-order valence-corrected chi connectivity index (χ4v) is 5.57.